The Labute approximate surface area is 130 Å². The molecule has 0 aliphatic carbocycles. The second-order valence-electron chi connectivity index (χ2n) is 4.22. The largest absolute Gasteiger partial charge is 0.421 e. The van der Waals surface area contributed by atoms with Crippen LogP contribution in [-0.2, 0) is 0 Å². The lowest BCUT2D eigenvalue weighted by Gasteiger charge is -2.07. The van der Waals surface area contributed by atoms with Crippen molar-refractivity contribution in [1.82, 2.24) is 0 Å². The van der Waals surface area contributed by atoms with Gasteiger partial charge in [0.25, 0.3) is 5.69 Å². The number of rotatable bonds is 3. The molecule has 7 heteroatoms. The Bertz CT molecular complexity index is 731. The first-order chi connectivity index (χ1) is 9.88. The van der Waals surface area contributed by atoms with E-state index in [0.717, 1.165) is 0 Å². The molecule has 2 aromatic rings. The van der Waals surface area contributed by atoms with E-state index in [-0.39, 0.29) is 22.0 Å². The van der Waals surface area contributed by atoms with E-state index in [1.165, 1.54) is 30.3 Å². The fraction of sp³-hybridized carbons (Fsp3) is 0.0714. The third-order valence-electron chi connectivity index (χ3n) is 2.73. The summed E-state index contributed by atoms with van der Waals surface area (Å²) in [5.74, 6) is -0.540. The fourth-order valence-electron chi connectivity index (χ4n) is 1.70. The summed E-state index contributed by atoms with van der Waals surface area (Å²) in [5.41, 5.74) is 0.494. The van der Waals surface area contributed by atoms with E-state index in [4.69, 9.17) is 27.9 Å². The van der Waals surface area contributed by atoms with Gasteiger partial charge in [-0.1, -0.05) is 23.2 Å². The second kappa shape index (κ2) is 6.11. The summed E-state index contributed by atoms with van der Waals surface area (Å²) in [6.45, 7) is 1.54. The Morgan fingerprint density at radius 3 is 2.52 bits per heavy atom. The number of ether oxygens (including phenoxy) is 1. The number of carbonyl (C=O) groups is 1. The summed E-state index contributed by atoms with van der Waals surface area (Å²) >= 11 is 11.7. The van der Waals surface area contributed by atoms with Crippen LogP contribution in [0.25, 0.3) is 0 Å². The van der Waals surface area contributed by atoms with E-state index >= 15 is 0 Å². The summed E-state index contributed by atoms with van der Waals surface area (Å²) in [6.07, 6.45) is 0. The van der Waals surface area contributed by atoms with Gasteiger partial charge in [-0.3, -0.25) is 10.1 Å². The maximum atomic E-state index is 12.0. The van der Waals surface area contributed by atoms with Crippen LogP contribution in [0.5, 0.6) is 5.75 Å². The molecule has 5 nitrogen and oxygen atoms in total. The average molecular weight is 326 g/mol. The lowest BCUT2D eigenvalue weighted by atomic mass is 10.1. The Hall–Kier alpha value is -2.11. The standard InChI is InChI=1S/C14H9Cl2NO4/c1-8-6-9(2-5-12(8)17(19)20)14(18)21-13-7-10(15)3-4-11(13)16/h2-7H,1H3. The first-order valence-electron chi connectivity index (χ1n) is 5.81. The van der Waals surface area contributed by atoms with Crippen molar-refractivity contribution in [2.75, 3.05) is 0 Å². The van der Waals surface area contributed by atoms with Crippen molar-refractivity contribution >= 4 is 34.9 Å². The minimum atomic E-state index is -0.669. The van der Waals surface area contributed by atoms with Crippen LogP contribution in [0, 0.1) is 17.0 Å². The highest BCUT2D eigenvalue weighted by atomic mass is 35.5. The number of nitro groups is 1. The molecule has 2 aromatic carbocycles. The Kier molecular flexibility index (Phi) is 4.45. The van der Waals surface area contributed by atoms with E-state index < -0.39 is 10.9 Å². The molecule has 0 saturated heterocycles. The van der Waals surface area contributed by atoms with Crippen LogP contribution in [0.4, 0.5) is 5.69 Å². The molecule has 0 unspecified atom stereocenters. The fourth-order valence-corrected chi connectivity index (χ4v) is 2.02. The minimum Gasteiger partial charge on any atom is -0.421 e. The predicted octanol–water partition coefficient (Wildman–Crippen LogP) is 4.43. The number of carbonyl (C=O) groups excluding carboxylic acids is 1. The van der Waals surface area contributed by atoms with E-state index in [0.29, 0.717) is 10.6 Å². The van der Waals surface area contributed by atoms with E-state index in [1.807, 2.05) is 0 Å². The highest BCUT2D eigenvalue weighted by molar-refractivity contribution is 6.34. The van der Waals surface area contributed by atoms with Gasteiger partial charge in [0.2, 0.25) is 0 Å². The predicted molar refractivity (Wildman–Crippen MR) is 79.3 cm³/mol. The van der Waals surface area contributed by atoms with E-state index in [9.17, 15) is 14.9 Å². The van der Waals surface area contributed by atoms with Gasteiger partial charge >= 0.3 is 5.97 Å². The Morgan fingerprint density at radius 2 is 1.90 bits per heavy atom. The van der Waals surface area contributed by atoms with E-state index in [1.54, 1.807) is 13.0 Å². The van der Waals surface area contributed by atoms with Gasteiger partial charge < -0.3 is 4.74 Å². The molecule has 0 aromatic heterocycles. The molecule has 0 bridgehead atoms. The molecule has 0 fully saturated rings. The molecule has 108 valence electrons. The second-order valence-corrected chi connectivity index (χ2v) is 5.07. The van der Waals surface area contributed by atoms with Gasteiger partial charge in [-0.2, -0.15) is 0 Å². The molecule has 0 atom stereocenters. The van der Waals surface area contributed by atoms with Crippen molar-refractivity contribution in [1.29, 1.82) is 0 Å². The number of esters is 1. The zero-order valence-corrected chi connectivity index (χ0v) is 12.3. The molecule has 21 heavy (non-hydrogen) atoms. The van der Waals surface area contributed by atoms with Gasteiger partial charge in [0.15, 0.2) is 5.75 Å². The molecular weight excluding hydrogens is 317 g/mol. The number of nitrogens with zero attached hydrogens (tertiary/aromatic N) is 1. The molecule has 0 radical (unpaired) electrons. The Morgan fingerprint density at radius 1 is 1.19 bits per heavy atom. The molecule has 0 aliphatic rings. The molecule has 0 N–H and O–H groups in total. The van der Waals surface area contributed by atoms with Crippen molar-refractivity contribution in [2.45, 2.75) is 6.92 Å². The highest BCUT2D eigenvalue weighted by Crippen LogP contribution is 2.28. The quantitative estimate of drug-likeness (QED) is 0.362. The summed E-state index contributed by atoms with van der Waals surface area (Å²) in [4.78, 5) is 22.2. The normalized spacial score (nSPS) is 10.2. The van der Waals surface area contributed by atoms with Crippen LogP contribution in [0.15, 0.2) is 36.4 Å². The Balaban J connectivity index is 2.26. The molecule has 0 heterocycles. The maximum absolute atomic E-state index is 12.0. The molecule has 0 saturated carbocycles. The van der Waals surface area contributed by atoms with Gasteiger partial charge in [0, 0.05) is 22.7 Å². The zero-order chi connectivity index (χ0) is 15.6. The average Bonchev–Trinajstić information content (AvgIpc) is 2.42. The summed E-state index contributed by atoms with van der Waals surface area (Å²) < 4.78 is 5.14. The number of benzene rings is 2. The number of hydrogen-bond donors (Lipinski definition) is 0. The van der Waals surface area contributed by atoms with Crippen molar-refractivity contribution in [2.24, 2.45) is 0 Å². The third kappa shape index (κ3) is 3.51. The van der Waals surface area contributed by atoms with Crippen LogP contribution in [-0.4, -0.2) is 10.9 Å². The number of hydrogen-bond acceptors (Lipinski definition) is 4. The van der Waals surface area contributed by atoms with Gasteiger partial charge in [-0.25, -0.2) is 4.79 Å². The molecular formula is C14H9Cl2NO4. The van der Waals surface area contributed by atoms with Crippen LogP contribution in [0.1, 0.15) is 15.9 Å². The van der Waals surface area contributed by atoms with E-state index in [2.05, 4.69) is 0 Å². The van der Waals surface area contributed by atoms with Gasteiger partial charge in [-0.05, 0) is 31.2 Å². The summed E-state index contributed by atoms with van der Waals surface area (Å²) in [7, 11) is 0. The first kappa shape index (κ1) is 15.3. The van der Waals surface area contributed by atoms with Gasteiger partial charge in [-0.15, -0.1) is 0 Å². The molecule has 0 aliphatic heterocycles. The number of halogens is 2. The summed E-state index contributed by atoms with van der Waals surface area (Å²) in [6, 6.07) is 8.46. The van der Waals surface area contributed by atoms with Crippen molar-refractivity contribution < 1.29 is 14.5 Å². The van der Waals surface area contributed by atoms with Gasteiger partial charge in [0.05, 0.1) is 15.5 Å². The van der Waals surface area contributed by atoms with Crippen molar-refractivity contribution in [3.8, 4) is 5.75 Å². The van der Waals surface area contributed by atoms with Crippen LogP contribution >= 0.6 is 23.2 Å². The topological polar surface area (TPSA) is 69.4 Å². The summed E-state index contributed by atoms with van der Waals surface area (Å²) in [5, 5.41) is 11.4. The molecule has 2 rings (SSSR count). The number of aryl methyl sites for hydroxylation is 1. The SMILES string of the molecule is Cc1cc(C(=O)Oc2cc(Cl)ccc2Cl)ccc1[N+](=O)[O-]. The first-order valence-corrected chi connectivity index (χ1v) is 6.56. The molecule has 0 spiro atoms. The smallest absolute Gasteiger partial charge is 0.343 e. The van der Waals surface area contributed by atoms with Crippen molar-refractivity contribution in [3.05, 3.63) is 67.7 Å². The van der Waals surface area contributed by atoms with Crippen molar-refractivity contribution in [3.63, 3.8) is 0 Å². The highest BCUT2D eigenvalue weighted by Gasteiger charge is 2.16. The van der Waals surface area contributed by atoms with Crippen LogP contribution in [0.3, 0.4) is 0 Å². The lowest BCUT2D eigenvalue weighted by Crippen LogP contribution is -2.09. The van der Waals surface area contributed by atoms with Gasteiger partial charge in [0.1, 0.15) is 0 Å². The number of nitro benzene ring substituents is 1. The zero-order valence-electron chi connectivity index (χ0n) is 10.8. The maximum Gasteiger partial charge on any atom is 0.343 e. The minimum absolute atomic E-state index is 0.0627. The van der Waals surface area contributed by atoms with Crippen LogP contribution < -0.4 is 4.74 Å². The third-order valence-corrected chi connectivity index (χ3v) is 3.27. The molecule has 0 amide bonds. The monoisotopic (exact) mass is 325 g/mol. The lowest BCUT2D eigenvalue weighted by molar-refractivity contribution is -0.385. The van der Waals surface area contributed by atoms with Crippen LogP contribution in [0.2, 0.25) is 10.0 Å².